The molecule has 1 aliphatic rings. The SMILES string of the molecule is Cc1ccccc1C1CCC(CI)O1. The maximum absolute atomic E-state index is 5.97. The molecule has 1 fully saturated rings. The monoisotopic (exact) mass is 302 g/mol. The van der Waals surface area contributed by atoms with Crippen LogP contribution in [0.4, 0.5) is 0 Å². The van der Waals surface area contributed by atoms with Gasteiger partial charge in [-0.25, -0.2) is 0 Å². The molecular weight excluding hydrogens is 287 g/mol. The van der Waals surface area contributed by atoms with Crippen LogP contribution < -0.4 is 0 Å². The molecular formula is C12H15IO. The summed E-state index contributed by atoms with van der Waals surface area (Å²) in [6.07, 6.45) is 3.21. The minimum absolute atomic E-state index is 0.343. The normalized spacial score (nSPS) is 26.7. The third kappa shape index (κ3) is 2.11. The zero-order valence-electron chi connectivity index (χ0n) is 8.37. The number of benzene rings is 1. The van der Waals surface area contributed by atoms with Gasteiger partial charge >= 0.3 is 0 Å². The van der Waals surface area contributed by atoms with Gasteiger partial charge in [0.25, 0.3) is 0 Å². The molecule has 1 saturated heterocycles. The van der Waals surface area contributed by atoms with E-state index in [1.54, 1.807) is 0 Å². The second-order valence-corrected chi connectivity index (χ2v) is 4.72. The Labute approximate surface area is 99.0 Å². The highest BCUT2D eigenvalue weighted by molar-refractivity contribution is 14.1. The van der Waals surface area contributed by atoms with E-state index in [9.17, 15) is 0 Å². The minimum Gasteiger partial charge on any atom is -0.369 e. The largest absolute Gasteiger partial charge is 0.369 e. The van der Waals surface area contributed by atoms with E-state index in [0.29, 0.717) is 12.2 Å². The van der Waals surface area contributed by atoms with E-state index in [-0.39, 0.29) is 0 Å². The molecule has 2 atom stereocenters. The quantitative estimate of drug-likeness (QED) is 0.598. The molecule has 14 heavy (non-hydrogen) atoms. The fourth-order valence-corrected chi connectivity index (χ4v) is 2.64. The van der Waals surface area contributed by atoms with Crippen LogP contribution >= 0.6 is 22.6 Å². The first-order chi connectivity index (χ1) is 6.81. The average molecular weight is 302 g/mol. The topological polar surface area (TPSA) is 9.23 Å². The second-order valence-electron chi connectivity index (χ2n) is 3.83. The van der Waals surface area contributed by atoms with Gasteiger partial charge in [0, 0.05) is 4.43 Å². The molecule has 0 aliphatic carbocycles. The maximum Gasteiger partial charge on any atom is 0.0832 e. The lowest BCUT2D eigenvalue weighted by Crippen LogP contribution is -2.07. The maximum atomic E-state index is 5.97. The molecule has 0 spiro atoms. The summed E-state index contributed by atoms with van der Waals surface area (Å²) in [5.41, 5.74) is 2.73. The van der Waals surface area contributed by atoms with E-state index >= 15 is 0 Å². The lowest BCUT2D eigenvalue weighted by Gasteiger charge is -2.14. The molecule has 0 N–H and O–H groups in total. The van der Waals surface area contributed by atoms with Crippen LogP contribution in [0.1, 0.15) is 30.1 Å². The van der Waals surface area contributed by atoms with Crippen LogP contribution in [0.5, 0.6) is 0 Å². The molecule has 76 valence electrons. The molecule has 1 nitrogen and oxygen atoms in total. The van der Waals surface area contributed by atoms with E-state index in [4.69, 9.17) is 4.74 Å². The van der Waals surface area contributed by atoms with Crippen molar-refractivity contribution in [3.05, 3.63) is 35.4 Å². The first-order valence-corrected chi connectivity index (χ1v) is 6.61. The summed E-state index contributed by atoms with van der Waals surface area (Å²) < 4.78 is 7.08. The molecule has 0 amide bonds. The summed E-state index contributed by atoms with van der Waals surface area (Å²) in [6, 6.07) is 8.54. The molecule has 1 aliphatic heterocycles. The van der Waals surface area contributed by atoms with Gasteiger partial charge in [-0.05, 0) is 30.9 Å². The Kier molecular flexibility index (Phi) is 3.44. The van der Waals surface area contributed by atoms with Crippen molar-refractivity contribution < 1.29 is 4.74 Å². The summed E-state index contributed by atoms with van der Waals surface area (Å²) in [6.45, 7) is 2.16. The molecule has 1 aromatic carbocycles. The fourth-order valence-electron chi connectivity index (χ4n) is 2.00. The number of hydrogen-bond donors (Lipinski definition) is 0. The van der Waals surface area contributed by atoms with E-state index < -0.39 is 0 Å². The Morgan fingerprint density at radius 2 is 2.14 bits per heavy atom. The molecule has 1 heterocycles. The van der Waals surface area contributed by atoms with Crippen molar-refractivity contribution in [1.29, 1.82) is 0 Å². The predicted molar refractivity (Wildman–Crippen MR) is 66.9 cm³/mol. The lowest BCUT2D eigenvalue weighted by atomic mass is 10.0. The van der Waals surface area contributed by atoms with Crippen LogP contribution in [0, 0.1) is 6.92 Å². The van der Waals surface area contributed by atoms with Gasteiger partial charge in [-0.1, -0.05) is 46.9 Å². The summed E-state index contributed by atoms with van der Waals surface area (Å²) in [4.78, 5) is 0. The highest BCUT2D eigenvalue weighted by Crippen LogP contribution is 2.34. The Morgan fingerprint density at radius 1 is 1.36 bits per heavy atom. The molecule has 0 saturated carbocycles. The van der Waals surface area contributed by atoms with Crippen LogP contribution in [0.2, 0.25) is 0 Å². The molecule has 1 aromatic rings. The number of ether oxygens (including phenoxy) is 1. The smallest absolute Gasteiger partial charge is 0.0832 e. The standard InChI is InChI=1S/C12H15IO/c1-9-4-2-3-5-11(9)12-7-6-10(8-13)14-12/h2-5,10,12H,6-8H2,1H3. The Morgan fingerprint density at radius 3 is 2.79 bits per heavy atom. The van der Waals surface area contributed by atoms with Gasteiger partial charge in [0.15, 0.2) is 0 Å². The van der Waals surface area contributed by atoms with Gasteiger partial charge in [-0.2, -0.15) is 0 Å². The second kappa shape index (κ2) is 4.62. The number of hydrogen-bond acceptors (Lipinski definition) is 1. The van der Waals surface area contributed by atoms with Crippen LogP contribution in [-0.2, 0) is 4.74 Å². The Hall–Kier alpha value is -0.0900. The van der Waals surface area contributed by atoms with Gasteiger partial charge in [-0.15, -0.1) is 0 Å². The molecule has 2 unspecified atom stereocenters. The molecule has 2 rings (SSSR count). The van der Waals surface area contributed by atoms with E-state index in [1.165, 1.54) is 24.0 Å². The van der Waals surface area contributed by atoms with Gasteiger partial charge in [0.05, 0.1) is 12.2 Å². The van der Waals surface area contributed by atoms with Gasteiger partial charge in [0.2, 0.25) is 0 Å². The first kappa shape index (κ1) is 10.4. The highest BCUT2D eigenvalue weighted by Gasteiger charge is 2.26. The Balaban J connectivity index is 2.13. The first-order valence-electron chi connectivity index (χ1n) is 5.08. The predicted octanol–water partition coefficient (Wildman–Crippen LogP) is 3.65. The van der Waals surface area contributed by atoms with Crippen molar-refractivity contribution >= 4 is 22.6 Å². The molecule has 0 radical (unpaired) electrons. The third-order valence-electron chi connectivity index (χ3n) is 2.81. The van der Waals surface area contributed by atoms with Crippen molar-refractivity contribution in [1.82, 2.24) is 0 Å². The van der Waals surface area contributed by atoms with Crippen molar-refractivity contribution in [2.45, 2.75) is 32.0 Å². The van der Waals surface area contributed by atoms with Crippen LogP contribution in [0.25, 0.3) is 0 Å². The fraction of sp³-hybridized carbons (Fsp3) is 0.500. The number of rotatable bonds is 2. The van der Waals surface area contributed by atoms with Crippen LogP contribution in [0.3, 0.4) is 0 Å². The van der Waals surface area contributed by atoms with Crippen LogP contribution in [0.15, 0.2) is 24.3 Å². The van der Waals surface area contributed by atoms with Crippen molar-refractivity contribution in [3.63, 3.8) is 0 Å². The summed E-state index contributed by atoms with van der Waals surface area (Å²) >= 11 is 2.40. The minimum atomic E-state index is 0.343. The number of halogens is 1. The van der Waals surface area contributed by atoms with Crippen LogP contribution in [-0.4, -0.2) is 10.5 Å². The van der Waals surface area contributed by atoms with E-state index in [2.05, 4.69) is 53.8 Å². The average Bonchev–Trinajstić information content (AvgIpc) is 2.67. The van der Waals surface area contributed by atoms with E-state index in [0.717, 1.165) is 4.43 Å². The molecule has 2 heteroatoms. The molecule has 0 bridgehead atoms. The highest BCUT2D eigenvalue weighted by atomic mass is 127. The number of alkyl halides is 1. The van der Waals surface area contributed by atoms with Gasteiger partial charge < -0.3 is 4.74 Å². The molecule has 0 aromatic heterocycles. The summed E-state index contributed by atoms with van der Waals surface area (Å²) in [5, 5.41) is 0. The van der Waals surface area contributed by atoms with Gasteiger partial charge in [0.1, 0.15) is 0 Å². The lowest BCUT2D eigenvalue weighted by molar-refractivity contribution is 0.0594. The summed E-state index contributed by atoms with van der Waals surface area (Å²) in [5.74, 6) is 0. The third-order valence-corrected chi connectivity index (χ3v) is 3.80. The van der Waals surface area contributed by atoms with Gasteiger partial charge in [-0.3, -0.25) is 0 Å². The summed E-state index contributed by atoms with van der Waals surface area (Å²) in [7, 11) is 0. The van der Waals surface area contributed by atoms with E-state index in [1.807, 2.05) is 0 Å². The van der Waals surface area contributed by atoms with Crippen molar-refractivity contribution in [2.75, 3.05) is 4.43 Å². The Bertz CT molecular complexity index is 311. The van der Waals surface area contributed by atoms with Crippen molar-refractivity contribution in [3.8, 4) is 0 Å². The number of aryl methyl sites for hydroxylation is 1. The van der Waals surface area contributed by atoms with Crippen molar-refractivity contribution in [2.24, 2.45) is 0 Å². The zero-order chi connectivity index (χ0) is 9.97. The zero-order valence-corrected chi connectivity index (χ0v) is 10.5.